The summed E-state index contributed by atoms with van der Waals surface area (Å²) in [6.45, 7) is 11.7. The van der Waals surface area contributed by atoms with Crippen molar-refractivity contribution in [2.75, 3.05) is 13.7 Å². The molecule has 0 heterocycles. The minimum atomic E-state index is -2.19. The second kappa shape index (κ2) is 8.09. The number of ether oxygens (including phenoxy) is 1. The molecule has 1 rings (SSSR count). The molecule has 6 heteroatoms. The fourth-order valence-electron chi connectivity index (χ4n) is 1.98. The molecular weight excluding hydrogens is 300 g/mol. The molecule has 120 valence electrons. The molecule has 1 aromatic rings. The van der Waals surface area contributed by atoms with Crippen molar-refractivity contribution in [1.29, 1.82) is 0 Å². The average Bonchev–Trinajstić information content (AvgIpc) is 2.42. The van der Waals surface area contributed by atoms with Crippen LogP contribution in [0.15, 0.2) is 24.3 Å². The zero-order valence-electron chi connectivity index (χ0n) is 14.1. The van der Waals surface area contributed by atoms with Gasteiger partial charge in [0, 0.05) is 6.61 Å². The van der Waals surface area contributed by atoms with E-state index in [1.807, 2.05) is 24.3 Å². The van der Waals surface area contributed by atoms with Crippen molar-refractivity contribution in [3.63, 3.8) is 0 Å². The van der Waals surface area contributed by atoms with Gasteiger partial charge < -0.3 is 17.7 Å². The van der Waals surface area contributed by atoms with E-state index in [-0.39, 0.29) is 0 Å². The van der Waals surface area contributed by atoms with Crippen LogP contribution < -0.4 is 4.74 Å². The van der Waals surface area contributed by atoms with Gasteiger partial charge in [0.05, 0.1) is 13.7 Å². The Labute approximate surface area is 130 Å². The molecule has 0 spiro atoms. The van der Waals surface area contributed by atoms with Crippen molar-refractivity contribution in [2.24, 2.45) is 0 Å². The van der Waals surface area contributed by atoms with Crippen LogP contribution in [0, 0.1) is 0 Å². The fraction of sp³-hybridized carbons (Fsp3) is 0.600. The van der Waals surface area contributed by atoms with Gasteiger partial charge in [0.1, 0.15) is 5.75 Å². The van der Waals surface area contributed by atoms with E-state index >= 15 is 0 Å². The van der Waals surface area contributed by atoms with Gasteiger partial charge in [0.2, 0.25) is 0 Å². The topological polar surface area (TPSA) is 36.9 Å². The Morgan fingerprint density at radius 1 is 0.905 bits per heavy atom. The van der Waals surface area contributed by atoms with Crippen LogP contribution in [0.1, 0.15) is 18.9 Å². The highest BCUT2D eigenvalue weighted by Gasteiger charge is 2.36. The summed E-state index contributed by atoms with van der Waals surface area (Å²) in [6.07, 6.45) is 1.01. The van der Waals surface area contributed by atoms with Crippen LogP contribution in [0.4, 0.5) is 0 Å². The van der Waals surface area contributed by atoms with Crippen LogP contribution in [0.25, 0.3) is 0 Å². The smallest absolute Gasteiger partial charge is 0.323 e. The van der Waals surface area contributed by atoms with E-state index in [9.17, 15) is 0 Å². The number of hydrogen-bond donors (Lipinski definition) is 0. The van der Waals surface area contributed by atoms with E-state index in [2.05, 4.69) is 33.1 Å². The third-order valence-corrected chi connectivity index (χ3v) is 8.56. The van der Waals surface area contributed by atoms with Gasteiger partial charge in [0.25, 0.3) is 0 Å². The van der Waals surface area contributed by atoms with Crippen molar-refractivity contribution in [3.05, 3.63) is 29.8 Å². The van der Waals surface area contributed by atoms with E-state index in [4.69, 9.17) is 17.7 Å². The summed E-state index contributed by atoms with van der Waals surface area (Å²) >= 11 is 0. The van der Waals surface area contributed by atoms with E-state index in [1.54, 1.807) is 7.11 Å². The minimum absolute atomic E-state index is 0.557. The molecule has 0 unspecified atom stereocenters. The van der Waals surface area contributed by atoms with Crippen molar-refractivity contribution >= 4 is 17.1 Å². The maximum Gasteiger partial charge on any atom is 0.323 e. The summed E-state index contributed by atoms with van der Waals surface area (Å²) in [5.41, 5.74) is 1.12. The Morgan fingerprint density at radius 2 is 1.48 bits per heavy atom. The molecule has 0 radical (unpaired) electrons. The van der Waals surface area contributed by atoms with E-state index in [0.29, 0.717) is 6.61 Å². The molecule has 1 aromatic carbocycles. The van der Waals surface area contributed by atoms with E-state index < -0.39 is 17.1 Å². The Kier molecular flexibility index (Phi) is 7.09. The van der Waals surface area contributed by atoms with Gasteiger partial charge in [-0.3, -0.25) is 0 Å². The molecule has 0 aromatic heterocycles. The molecule has 21 heavy (non-hydrogen) atoms. The van der Waals surface area contributed by atoms with Crippen molar-refractivity contribution in [1.82, 2.24) is 0 Å². The predicted molar refractivity (Wildman–Crippen MR) is 90.1 cm³/mol. The summed E-state index contributed by atoms with van der Waals surface area (Å²) in [5.74, 6) is 0.855. The second-order valence-electron chi connectivity index (χ2n) is 5.89. The molecular formula is C15H28O4Si2. The molecule has 0 aliphatic carbocycles. The number of benzene rings is 1. The normalized spacial score (nSPS) is 12.5. The molecule has 0 N–H and O–H groups in total. The molecule has 0 aliphatic heterocycles. The molecule has 0 saturated heterocycles. The molecule has 0 bridgehead atoms. The van der Waals surface area contributed by atoms with Crippen molar-refractivity contribution in [3.8, 4) is 5.75 Å². The summed E-state index contributed by atoms with van der Waals surface area (Å²) in [6, 6.07) is 7.91. The zero-order chi connectivity index (χ0) is 15.9. The lowest BCUT2D eigenvalue weighted by Gasteiger charge is -2.32. The summed E-state index contributed by atoms with van der Waals surface area (Å²) in [5, 5.41) is 0. The third-order valence-electron chi connectivity index (χ3n) is 2.89. The molecule has 0 saturated carbocycles. The van der Waals surface area contributed by atoms with Crippen LogP contribution in [-0.4, -0.2) is 30.8 Å². The first-order valence-electron chi connectivity index (χ1n) is 7.39. The van der Waals surface area contributed by atoms with E-state index in [0.717, 1.165) is 24.3 Å². The lowest BCUT2D eigenvalue weighted by atomic mass is 10.2. The first-order valence-corrected chi connectivity index (χ1v) is 13.0. The standard InChI is InChI=1S/C15H28O4Si2/c1-7-12-17-20(3,4)19-21(5,6)18-13-14-8-10-15(16-2)11-9-14/h8-11H,7,12-13H2,1-6H3. The second-order valence-corrected chi connectivity index (χ2v) is 12.9. The first-order chi connectivity index (χ1) is 9.78. The molecule has 0 aliphatic rings. The van der Waals surface area contributed by atoms with Crippen LogP contribution in [-0.2, 0) is 19.6 Å². The molecule has 0 atom stereocenters. The average molecular weight is 329 g/mol. The Balaban J connectivity index is 2.51. The lowest BCUT2D eigenvalue weighted by molar-refractivity contribution is 0.190. The van der Waals surface area contributed by atoms with Gasteiger partial charge in [-0.25, -0.2) is 0 Å². The Hall–Kier alpha value is -0.666. The highest BCUT2D eigenvalue weighted by Crippen LogP contribution is 2.19. The SMILES string of the molecule is CCCO[Si](C)(C)O[Si](C)(C)OCc1ccc(OC)cc1. The first kappa shape index (κ1) is 18.4. The predicted octanol–water partition coefficient (Wildman–Crippen LogP) is 4.06. The van der Waals surface area contributed by atoms with Gasteiger partial charge in [-0.15, -0.1) is 0 Å². The zero-order valence-corrected chi connectivity index (χ0v) is 16.1. The third kappa shape index (κ3) is 7.24. The highest BCUT2D eigenvalue weighted by atomic mass is 28.5. The monoisotopic (exact) mass is 328 g/mol. The maximum atomic E-state index is 6.20. The largest absolute Gasteiger partial charge is 0.497 e. The van der Waals surface area contributed by atoms with Crippen LogP contribution >= 0.6 is 0 Å². The van der Waals surface area contributed by atoms with Crippen LogP contribution in [0.5, 0.6) is 5.75 Å². The minimum Gasteiger partial charge on any atom is -0.497 e. The fourth-order valence-corrected chi connectivity index (χ4v) is 8.39. The van der Waals surface area contributed by atoms with E-state index in [1.165, 1.54) is 0 Å². The summed E-state index contributed by atoms with van der Waals surface area (Å²) in [4.78, 5) is 0. The van der Waals surface area contributed by atoms with Crippen molar-refractivity contribution < 1.29 is 17.7 Å². The van der Waals surface area contributed by atoms with Gasteiger partial charge in [-0.2, -0.15) is 0 Å². The Morgan fingerprint density at radius 3 is 2.00 bits per heavy atom. The highest BCUT2D eigenvalue weighted by molar-refractivity contribution is 6.78. The Bertz CT molecular complexity index is 418. The van der Waals surface area contributed by atoms with Crippen LogP contribution in [0.2, 0.25) is 26.2 Å². The molecule has 0 fully saturated rings. The summed E-state index contributed by atoms with van der Waals surface area (Å²) < 4.78 is 23.2. The van der Waals surface area contributed by atoms with Gasteiger partial charge >= 0.3 is 17.1 Å². The molecule has 4 nitrogen and oxygen atoms in total. The lowest BCUT2D eigenvalue weighted by Crippen LogP contribution is -2.48. The number of hydrogen-bond acceptors (Lipinski definition) is 4. The van der Waals surface area contributed by atoms with Crippen LogP contribution in [0.3, 0.4) is 0 Å². The van der Waals surface area contributed by atoms with Gasteiger partial charge in [0.15, 0.2) is 0 Å². The van der Waals surface area contributed by atoms with Crippen molar-refractivity contribution in [2.45, 2.75) is 46.1 Å². The molecule has 0 amide bonds. The quantitative estimate of drug-likeness (QED) is 0.641. The van der Waals surface area contributed by atoms with Gasteiger partial charge in [-0.1, -0.05) is 19.1 Å². The number of rotatable bonds is 9. The maximum absolute atomic E-state index is 6.20. The number of methoxy groups -OCH3 is 1. The van der Waals surface area contributed by atoms with Gasteiger partial charge in [-0.05, 0) is 50.3 Å². The summed E-state index contributed by atoms with van der Waals surface area (Å²) in [7, 11) is -2.62.